The van der Waals surface area contributed by atoms with Gasteiger partial charge in [-0.25, -0.2) is 8.78 Å². The predicted molar refractivity (Wildman–Crippen MR) is 100 cm³/mol. The van der Waals surface area contributed by atoms with Gasteiger partial charge in [-0.1, -0.05) is 0 Å². The fraction of sp³-hybridized carbons (Fsp3) is 0.211. The van der Waals surface area contributed by atoms with Crippen LogP contribution < -0.4 is 5.32 Å². The Morgan fingerprint density at radius 1 is 1.18 bits per heavy atom. The number of pyridine rings is 1. The first-order chi connectivity index (χ1) is 13.6. The first-order valence-electron chi connectivity index (χ1n) is 8.71. The largest absolute Gasteiger partial charge is 0.394 e. The molecule has 0 spiro atoms. The van der Waals surface area contributed by atoms with E-state index < -0.39 is 11.6 Å². The molecule has 0 unspecified atom stereocenters. The molecule has 4 aromatic rings. The fourth-order valence-electron chi connectivity index (χ4n) is 3.16. The highest BCUT2D eigenvalue weighted by atomic mass is 19.1. The number of aromatic amines is 1. The van der Waals surface area contributed by atoms with Crippen molar-refractivity contribution < 1.29 is 13.9 Å². The van der Waals surface area contributed by atoms with Crippen LogP contribution in [0.15, 0.2) is 36.8 Å². The first kappa shape index (κ1) is 18.2. The third-order valence-corrected chi connectivity index (χ3v) is 4.42. The van der Waals surface area contributed by atoms with E-state index in [1.807, 2.05) is 0 Å². The molecule has 0 aliphatic heterocycles. The number of benzene rings is 1. The highest BCUT2D eigenvalue weighted by Crippen LogP contribution is 2.31. The average molecular weight is 384 g/mol. The summed E-state index contributed by atoms with van der Waals surface area (Å²) in [5.74, 6) is -1.34. The fourth-order valence-corrected chi connectivity index (χ4v) is 3.16. The Balaban J connectivity index is 1.80. The van der Waals surface area contributed by atoms with Crippen molar-refractivity contribution in [1.29, 1.82) is 0 Å². The molecule has 0 atom stereocenters. The van der Waals surface area contributed by atoms with Crippen LogP contribution in [-0.4, -0.2) is 43.7 Å². The van der Waals surface area contributed by atoms with E-state index in [-0.39, 0.29) is 17.9 Å². The van der Waals surface area contributed by atoms with Gasteiger partial charge in [0.1, 0.15) is 17.3 Å². The van der Waals surface area contributed by atoms with Crippen molar-refractivity contribution in [2.75, 3.05) is 13.7 Å². The Bertz CT molecular complexity index is 1110. The van der Waals surface area contributed by atoms with E-state index >= 15 is 0 Å². The zero-order valence-electron chi connectivity index (χ0n) is 15.1. The van der Waals surface area contributed by atoms with Crippen LogP contribution in [0.5, 0.6) is 0 Å². The maximum absolute atomic E-state index is 14.6. The summed E-state index contributed by atoms with van der Waals surface area (Å²) in [5, 5.41) is 23.9. The normalized spacial score (nSPS) is 11.4. The molecule has 4 rings (SSSR count). The number of aromatic nitrogens is 5. The van der Waals surface area contributed by atoms with Gasteiger partial charge >= 0.3 is 0 Å². The van der Waals surface area contributed by atoms with Gasteiger partial charge in [0, 0.05) is 23.7 Å². The minimum absolute atomic E-state index is 0.0292. The lowest BCUT2D eigenvalue weighted by molar-refractivity contribution is 0.269. The third kappa shape index (κ3) is 3.25. The van der Waals surface area contributed by atoms with E-state index in [0.29, 0.717) is 35.2 Å². The maximum Gasteiger partial charge on any atom is 0.135 e. The van der Waals surface area contributed by atoms with Crippen molar-refractivity contribution in [3.8, 4) is 22.5 Å². The molecular weight excluding hydrogens is 366 g/mol. The molecule has 9 heteroatoms. The van der Waals surface area contributed by atoms with Crippen molar-refractivity contribution in [2.24, 2.45) is 0 Å². The van der Waals surface area contributed by atoms with Crippen molar-refractivity contribution in [2.45, 2.75) is 13.1 Å². The van der Waals surface area contributed by atoms with Gasteiger partial charge in [0.2, 0.25) is 0 Å². The van der Waals surface area contributed by atoms with Gasteiger partial charge in [0.15, 0.2) is 0 Å². The monoisotopic (exact) mass is 384 g/mol. The van der Waals surface area contributed by atoms with Gasteiger partial charge in [-0.2, -0.15) is 10.2 Å². The number of fused-ring (bicyclic) bond motifs is 1. The molecule has 0 saturated heterocycles. The molecule has 0 aliphatic rings. The van der Waals surface area contributed by atoms with Crippen LogP contribution in [0.1, 0.15) is 5.56 Å². The molecule has 28 heavy (non-hydrogen) atoms. The van der Waals surface area contributed by atoms with Gasteiger partial charge in [-0.3, -0.25) is 14.8 Å². The molecule has 0 fully saturated rings. The lowest BCUT2D eigenvalue weighted by Crippen LogP contribution is -2.06. The Hall–Kier alpha value is -3.17. The van der Waals surface area contributed by atoms with Crippen LogP contribution in [-0.2, 0) is 13.1 Å². The van der Waals surface area contributed by atoms with E-state index in [1.165, 1.54) is 18.3 Å². The summed E-state index contributed by atoms with van der Waals surface area (Å²) in [6.45, 7) is 0.702. The summed E-state index contributed by atoms with van der Waals surface area (Å²) in [6, 6.07) is 4.21. The summed E-state index contributed by atoms with van der Waals surface area (Å²) >= 11 is 0. The number of hydrogen-bond acceptors (Lipinski definition) is 5. The summed E-state index contributed by atoms with van der Waals surface area (Å²) in [7, 11) is 1.71. The van der Waals surface area contributed by atoms with Gasteiger partial charge in [0.25, 0.3) is 0 Å². The molecular formula is C19H18F2N6O. The topological polar surface area (TPSA) is 91.6 Å². The lowest BCUT2D eigenvalue weighted by atomic mass is 10.0. The maximum atomic E-state index is 14.6. The van der Waals surface area contributed by atoms with Crippen LogP contribution in [0, 0.1) is 11.6 Å². The number of nitrogens with one attached hydrogen (secondary N) is 2. The number of aliphatic hydroxyl groups is 1. The first-order valence-corrected chi connectivity index (χ1v) is 8.71. The summed E-state index contributed by atoms with van der Waals surface area (Å²) in [6.07, 6.45) is 4.87. The SMILES string of the molecule is CNCc1cc(F)c(-c2cc3c(-c4cnn(CCO)c4)n[nH]c3cn2)c(F)c1. The van der Waals surface area contributed by atoms with Crippen molar-refractivity contribution in [1.82, 2.24) is 30.3 Å². The van der Waals surface area contributed by atoms with Gasteiger partial charge in [-0.15, -0.1) is 0 Å². The third-order valence-electron chi connectivity index (χ3n) is 4.42. The Morgan fingerprint density at radius 3 is 2.68 bits per heavy atom. The average Bonchev–Trinajstić information content (AvgIpc) is 3.28. The molecule has 1 aromatic carbocycles. The van der Waals surface area contributed by atoms with E-state index in [0.717, 1.165) is 5.56 Å². The standard InChI is InChI=1S/C19H18F2N6O/c1-22-7-11-4-14(20)18(15(21)5-11)16-6-13-17(9-23-16)25-26-19(13)12-8-24-27(10-12)2-3-28/h4-6,8-10,22,28H,2-3,7H2,1H3,(H,25,26). The Kier molecular flexibility index (Phi) is 4.84. The van der Waals surface area contributed by atoms with Crippen molar-refractivity contribution >= 4 is 10.9 Å². The number of aliphatic hydroxyl groups excluding tert-OH is 1. The summed E-state index contributed by atoms with van der Waals surface area (Å²) in [4.78, 5) is 4.20. The number of hydrogen-bond donors (Lipinski definition) is 3. The molecule has 0 aliphatic carbocycles. The smallest absolute Gasteiger partial charge is 0.135 e. The second-order valence-electron chi connectivity index (χ2n) is 6.37. The molecule has 144 valence electrons. The molecule has 7 nitrogen and oxygen atoms in total. The van der Waals surface area contributed by atoms with Crippen LogP contribution in [0.3, 0.4) is 0 Å². The van der Waals surface area contributed by atoms with Crippen molar-refractivity contribution in [3.63, 3.8) is 0 Å². The van der Waals surface area contributed by atoms with Crippen LogP contribution in [0.4, 0.5) is 8.78 Å². The minimum atomic E-state index is -0.669. The molecule has 3 aromatic heterocycles. The number of H-pyrrole nitrogens is 1. The molecule has 0 amide bonds. The van der Waals surface area contributed by atoms with E-state index in [4.69, 9.17) is 5.11 Å². The highest BCUT2D eigenvalue weighted by molar-refractivity contribution is 5.94. The minimum Gasteiger partial charge on any atom is -0.394 e. The highest BCUT2D eigenvalue weighted by Gasteiger charge is 2.17. The molecule has 0 saturated carbocycles. The summed E-state index contributed by atoms with van der Waals surface area (Å²) < 4.78 is 30.8. The summed E-state index contributed by atoms with van der Waals surface area (Å²) in [5.41, 5.74) is 2.48. The van der Waals surface area contributed by atoms with Crippen molar-refractivity contribution in [3.05, 3.63) is 54.0 Å². The second kappa shape index (κ2) is 7.45. The number of rotatable bonds is 6. The molecule has 0 bridgehead atoms. The second-order valence-corrected chi connectivity index (χ2v) is 6.37. The predicted octanol–water partition coefficient (Wildman–Crippen LogP) is 2.48. The van der Waals surface area contributed by atoms with E-state index in [1.54, 1.807) is 30.2 Å². The Morgan fingerprint density at radius 2 is 1.96 bits per heavy atom. The van der Waals surface area contributed by atoms with Crippen LogP contribution >= 0.6 is 0 Å². The van der Waals surface area contributed by atoms with Gasteiger partial charge in [-0.05, 0) is 30.8 Å². The zero-order chi connectivity index (χ0) is 19.7. The van der Waals surface area contributed by atoms with Crippen LogP contribution in [0.25, 0.3) is 33.4 Å². The number of nitrogens with zero attached hydrogens (tertiary/aromatic N) is 4. The molecule has 0 radical (unpaired) electrons. The van der Waals surface area contributed by atoms with Gasteiger partial charge < -0.3 is 10.4 Å². The quantitative estimate of drug-likeness (QED) is 0.475. The lowest BCUT2D eigenvalue weighted by Gasteiger charge is -2.08. The van der Waals surface area contributed by atoms with E-state index in [2.05, 4.69) is 25.6 Å². The zero-order valence-corrected chi connectivity index (χ0v) is 15.1. The van der Waals surface area contributed by atoms with Gasteiger partial charge in [0.05, 0.1) is 42.3 Å². The molecule has 3 heterocycles. The number of halogens is 2. The molecule has 3 N–H and O–H groups in total. The Labute approximate surface area is 159 Å². The van der Waals surface area contributed by atoms with Crippen LogP contribution in [0.2, 0.25) is 0 Å². The van der Waals surface area contributed by atoms with E-state index in [9.17, 15) is 8.78 Å².